The molecule has 108 valence electrons. The van der Waals surface area contributed by atoms with Crippen LogP contribution in [0, 0.1) is 0 Å². The molecule has 1 heterocycles. The first kappa shape index (κ1) is 15.1. The number of ether oxygens (including phenoxy) is 1. The molecule has 0 unspecified atom stereocenters. The van der Waals surface area contributed by atoms with Crippen LogP contribution in [-0.2, 0) is 4.74 Å². The molecule has 1 aromatic heterocycles. The molecule has 0 saturated carbocycles. The quantitative estimate of drug-likeness (QED) is 0.665. The van der Waals surface area contributed by atoms with E-state index in [1.165, 1.54) is 42.7 Å². The van der Waals surface area contributed by atoms with E-state index < -0.39 is 5.97 Å². The Labute approximate surface area is 130 Å². The van der Waals surface area contributed by atoms with Crippen molar-refractivity contribution in [3.05, 3.63) is 47.0 Å². The predicted molar refractivity (Wildman–Crippen MR) is 83.6 cm³/mol. The molecule has 6 nitrogen and oxygen atoms in total. The maximum atomic E-state index is 12.0. The molecule has 0 spiro atoms. The van der Waals surface area contributed by atoms with Crippen LogP contribution in [0.3, 0.4) is 0 Å². The summed E-state index contributed by atoms with van der Waals surface area (Å²) in [6.45, 7) is 0. The molecule has 0 radical (unpaired) electrons. The van der Waals surface area contributed by atoms with E-state index in [2.05, 4.69) is 20.4 Å². The molecule has 0 atom stereocenters. The number of rotatable bonds is 3. The number of nitrogens with one attached hydrogen (secondary N) is 2. The fourth-order valence-electron chi connectivity index (χ4n) is 1.46. The average molecular weight is 321 g/mol. The molecule has 2 N–H and O–H groups in total. The standard InChI is InChI=1S/C13H11N3O3S2/c1-19-11(18)9-4-2-8(3-5-9)10(17)15-12(20)16-13-14-6-7-21-13/h2-7H,1H3,(H2,14,15,16,17,20). The number of methoxy groups -OCH3 is 1. The van der Waals surface area contributed by atoms with Gasteiger partial charge in [0.2, 0.25) is 0 Å². The first-order valence-corrected chi connectivity index (χ1v) is 7.09. The maximum Gasteiger partial charge on any atom is 0.337 e. The second kappa shape index (κ2) is 6.91. The number of thiocarbonyl (C=S) groups is 1. The van der Waals surface area contributed by atoms with Crippen molar-refractivity contribution in [1.82, 2.24) is 10.3 Å². The van der Waals surface area contributed by atoms with Crippen molar-refractivity contribution >= 4 is 45.7 Å². The van der Waals surface area contributed by atoms with Crippen molar-refractivity contribution in [3.63, 3.8) is 0 Å². The molecular weight excluding hydrogens is 310 g/mol. The van der Waals surface area contributed by atoms with Gasteiger partial charge in [-0.2, -0.15) is 0 Å². The molecule has 0 aliphatic heterocycles. The summed E-state index contributed by atoms with van der Waals surface area (Å²) < 4.78 is 4.58. The molecule has 0 saturated heterocycles. The summed E-state index contributed by atoms with van der Waals surface area (Å²) in [5, 5.41) is 7.87. The SMILES string of the molecule is COC(=O)c1ccc(C(=O)NC(=S)Nc2nccs2)cc1. The van der Waals surface area contributed by atoms with Crippen LogP contribution < -0.4 is 10.6 Å². The topological polar surface area (TPSA) is 80.3 Å². The molecule has 2 rings (SSSR count). The molecule has 0 aliphatic carbocycles. The Bertz CT molecular complexity index is 654. The van der Waals surface area contributed by atoms with Crippen molar-refractivity contribution in [3.8, 4) is 0 Å². The zero-order valence-corrected chi connectivity index (χ0v) is 12.6. The second-order valence-corrected chi connectivity index (χ2v) is 5.12. The van der Waals surface area contributed by atoms with Crippen LogP contribution in [0.25, 0.3) is 0 Å². The third kappa shape index (κ3) is 4.07. The van der Waals surface area contributed by atoms with E-state index in [1.54, 1.807) is 11.6 Å². The lowest BCUT2D eigenvalue weighted by Gasteiger charge is -2.07. The van der Waals surface area contributed by atoms with E-state index in [-0.39, 0.29) is 11.0 Å². The van der Waals surface area contributed by atoms with E-state index in [0.717, 1.165) is 0 Å². The van der Waals surface area contributed by atoms with Gasteiger partial charge >= 0.3 is 5.97 Å². The van der Waals surface area contributed by atoms with Crippen molar-refractivity contribution in [2.45, 2.75) is 0 Å². The molecule has 0 aliphatic rings. The van der Waals surface area contributed by atoms with Gasteiger partial charge in [-0.1, -0.05) is 0 Å². The number of carbonyl (C=O) groups is 2. The molecule has 1 aromatic carbocycles. The Morgan fingerprint density at radius 1 is 1.24 bits per heavy atom. The minimum Gasteiger partial charge on any atom is -0.465 e. The number of benzene rings is 1. The van der Waals surface area contributed by atoms with E-state index >= 15 is 0 Å². The van der Waals surface area contributed by atoms with E-state index in [9.17, 15) is 9.59 Å². The number of aromatic nitrogens is 1. The highest BCUT2D eigenvalue weighted by atomic mass is 32.1. The Morgan fingerprint density at radius 2 is 1.90 bits per heavy atom. The van der Waals surface area contributed by atoms with Gasteiger partial charge in [0.1, 0.15) is 0 Å². The summed E-state index contributed by atoms with van der Waals surface area (Å²) in [6, 6.07) is 6.07. The molecule has 0 bridgehead atoms. The van der Waals surface area contributed by atoms with Crippen LogP contribution >= 0.6 is 23.6 Å². The van der Waals surface area contributed by atoms with E-state index in [0.29, 0.717) is 16.3 Å². The zero-order chi connectivity index (χ0) is 15.2. The van der Waals surface area contributed by atoms with Gasteiger partial charge in [0.15, 0.2) is 10.2 Å². The van der Waals surface area contributed by atoms with Crippen LogP contribution in [0.5, 0.6) is 0 Å². The summed E-state index contributed by atoms with van der Waals surface area (Å²) in [4.78, 5) is 27.2. The average Bonchev–Trinajstić information content (AvgIpc) is 2.99. The van der Waals surface area contributed by atoms with Crippen LogP contribution in [0.2, 0.25) is 0 Å². The van der Waals surface area contributed by atoms with E-state index in [1.807, 2.05) is 0 Å². The number of nitrogens with zero attached hydrogens (tertiary/aromatic N) is 1. The second-order valence-electron chi connectivity index (χ2n) is 3.81. The lowest BCUT2D eigenvalue weighted by molar-refractivity contribution is 0.0600. The molecule has 21 heavy (non-hydrogen) atoms. The molecular formula is C13H11N3O3S2. The molecule has 1 amide bonds. The number of hydrogen-bond acceptors (Lipinski definition) is 6. The fraction of sp³-hybridized carbons (Fsp3) is 0.0769. The highest BCUT2D eigenvalue weighted by Crippen LogP contribution is 2.10. The van der Waals surface area contributed by atoms with Gasteiger partial charge in [-0.3, -0.25) is 10.1 Å². The maximum absolute atomic E-state index is 12.0. The van der Waals surface area contributed by atoms with Crippen molar-refractivity contribution in [2.24, 2.45) is 0 Å². The molecule has 2 aromatic rings. The van der Waals surface area contributed by atoms with Gasteiger partial charge in [-0.05, 0) is 36.5 Å². The van der Waals surface area contributed by atoms with Gasteiger partial charge in [0.05, 0.1) is 12.7 Å². The minimum atomic E-state index is -0.456. The van der Waals surface area contributed by atoms with Gasteiger partial charge in [0, 0.05) is 17.1 Å². The van der Waals surface area contributed by atoms with Gasteiger partial charge in [-0.25, -0.2) is 9.78 Å². The smallest absolute Gasteiger partial charge is 0.337 e. The number of esters is 1. The van der Waals surface area contributed by atoms with Crippen LogP contribution in [0.1, 0.15) is 20.7 Å². The summed E-state index contributed by atoms with van der Waals surface area (Å²) in [7, 11) is 1.30. The Kier molecular flexibility index (Phi) is 4.96. The highest BCUT2D eigenvalue weighted by Gasteiger charge is 2.10. The summed E-state index contributed by atoms with van der Waals surface area (Å²) in [6.07, 6.45) is 1.63. The normalized spacial score (nSPS) is 9.76. The third-order valence-corrected chi connectivity index (χ3v) is 3.34. The molecule has 0 fully saturated rings. The number of carbonyl (C=O) groups excluding carboxylic acids is 2. The monoisotopic (exact) mass is 321 g/mol. The van der Waals surface area contributed by atoms with Crippen molar-refractivity contribution in [1.29, 1.82) is 0 Å². The minimum absolute atomic E-state index is 0.159. The van der Waals surface area contributed by atoms with Crippen LogP contribution in [0.4, 0.5) is 5.13 Å². The van der Waals surface area contributed by atoms with Gasteiger partial charge < -0.3 is 10.1 Å². The van der Waals surface area contributed by atoms with E-state index in [4.69, 9.17) is 12.2 Å². The number of hydrogen-bond donors (Lipinski definition) is 2. The number of amides is 1. The van der Waals surface area contributed by atoms with Crippen LogP contribution in [-0.4, -0.2) is 29.1 Å². The predicted octanol–water partition coefficient (Wildman–Crippen LogP) is 2.06. The highest BCUT2D eigenvalue weighted by molar-refractivity contribution is 7.80. The first-order valence-electron chi connectivity index (χ1n) is 5.80. The molecule has 8 heteroatoms. The summed E-state index contributed by atoms with van der Waals surface area (Å²) in [5.41, 5.74) is 0.753. The summed E-state index contributed by atoms with van der Waals surface area (Å²) >= 11 is 6.38. The third-order valence-electron chi connectivity index (χ3n) is 2.45. The first-order chi connectivity index (χ1) is 10.1. The van der Waals surface area contributed by atoms with Crippen LogP contribution in [0.15, 0.2) is 35.8 Å². The number of anilines is 1. The summed E-state index contributed by atoms with van der Waals surface area (Å²) in [5.74, 6) is -0.830. The number of thiazole rings is 1. The Hall–Kier alpha value is -2.32. The van der Waals surface area contributed by atoms with Crippen molar-refractivity contribution < 1.29 is 14.3 Å². The fourth-order valence-corrected chi connectivity index (χ4v) is 2.25. The largest absolute Gasteiger partial charge is 0.465 e. The Balaban J connectivity index is 1.96. The zero-order valence-electron chi connectivity index (χ0n) is 11.0. The lowest BCUT2D eigenvalue weighted by Crippen LogP contribution is -2.34. The van der Waals surface area contributed by atoms with Crippen molar-refractivity contribution in [2.75, 3.05) is 12.4 Å². The lowest BCUT2D eigenvalue weighted by atomic mass is 10.1. The van der Waals surface area contributed by atoms with Gasteiger partial charge in [0.25, 0.3) is 5.91 Å². The Morgan fingerprint density at radius 3 is 2.48 bits per heavy atom. The van der Waals surface area contributed by atoms with Gasteiger partial charge in [-0.15, -0.1) is 11.3 Å².